The molecule has 2 amide bonds. The van der Waals surface area contributed by atoms with Crippen LogP contribution >= 0.6 is 0 Å². The molecule has 3 aromatic rings. The molecule has 0 fully saturated rings. The van der Waals surface area contributed by atoms with Crippen LogP contribution in [0.1, 0.15) is 26.3 Å². The third-order valence-electron chi connectivity index (χ3n) is 4.98. The van der Waals surface area contributed by atoms with Crippen LogP contribution < -0.4 is 29.6 Å². The van der Waals surface area contributed by atoms with Gasteiger partial charge in [0.15, 0.2) is 0 Å². The maximum absolute atomic E-state index is 13.2. The molecule has 0 heterocycles. The van der Waals surface area contributed by atoms with Crippen LogP contribution in [0.25, 0.3) is 0 Å². The second-order valence-corrected chi connectivity index (χ2v) is 7.03. The van der Waals surface area contributed by atoms with Gasteiger partial charge in [0.1, 0.15) is 34.1 Å². The molecule has 0 bridgehead atoms. The van der Waals surface area contributed by atoms with Crippen molar-refractivity contribution in [1.82, 2.24) is 0 Å². The molecule has 0 aliphatic rings. The van der Waals surface area contributed by atoms with Crippen molar-refractivity contribution in [3.8, 4) is 23.0 Å². The van der Waals surface area contributed by atoms with Gasteiger partial charge in [0.25, 0.3) is 11.8 Å². The smallest absolute Gasteiger partial charge is 0.263 e. The van der Waals surface area contributed by atoms with Crippen LogP contribution in [0.5, 0.6) is 23.0 Å². The molecule has 0 saturated carbocycles. The van der Waals surface area contributed by atoms with Crippen LogP contribution in [0.4, 0.5) is 11.4 Å². The van der Waals surface area contributed by atoms with E-state index < -0.39 is 11.8 Å². The van der Waals surface area contributed by atoms with Crippen LogP contribution in [-0.2, 0) is 0 Å². The lowest BCUT2D eigenvalue weighted by atomic mass is 10.1. The zero-order valence-electron chi connectivity index (χ0n) is 19.1. The summed E-state index contributed by atoms with van der Waals surface area (Å²) < 4.78 is 21.3. The van der Waals surface area contributed by atoms with E-state index >= 15 is 0 Å². The molecule has 0 saturated heterocycles. The highest BCUT2D eigenvalue weighted by Gasteiger charge is 2.22. The molecule has 8 nitrogen and oxygen atoms in total. The Bertz CT molecular complexity index is 1130. The molecule has 0 unspecified atom stereocenters. The average Bonchev–Trinajstić information content (AvgIpc) is 2.84. The minimum atomic E-state index is -0.446. The number of aryl methyl sites for hydroxylation is 1. The number of hydrogen-bond donors (Lipinski definition) is 2. The molecule has 172 valence electrons. The Morgan fingerprint density at radius 2 is 1.00 bits per heavy atom. The van der Waals surface area contributed by atoms with Crippen molar-refractivity contribution in [2.45, 2.75) is 6.92 Å². The summed E-state index contributed by atoms with van der Waals surface area (Å²) in [7, 11) is 5.91. The molecule has 33 heavy (non-hydrogen) atoms. The quantitative estimate of drug-likeness (QED) is 0.523. The van der Waals surface area contributed by atoms with Gasteiger partial charge in [0, 0.05) is 0 Å². The SMILES string of the molecule is COc1cccc(OC)c1C(=O)Nc1ccc(C)cc1NC(=O)c1c(OC)cccc1OC. The van der Waals surface area contributed by atoms with E-state index in [9.17, 15) is 9.59 Å². The Morgan fingerprint density at radius 3 is 1.39 bits per heavy atom. The largest absolute Gasteiger partial charge is 0.496 e. The number of ether oxygens (including phenoxy) is 4. The Hall–Kier alpha value is -4.20. The van der Waals surface area contributed by atoms with E-state index in [-0.39, 0.29) is 11.1 Å². The molecule has 0 spiro atoms. The number of hydrogen-bond acceptors (Lipinski definition) is 6. The number of nitrogens with one attached hydrogen (secondary N) is 2. The van der Waals surface area contributed by atoms with Crippen LogP contribution in [0, 0.1) is 6.92 Å². The summed E-state index contributed by atoms with van der Waals surface area (Å²) >= 11 is 0. The molecule has 2 N–H and O–H groups in total. The normalized spacial score (nSPS) is 10.2. The summed E-state index contributed by atoms with van der Waals surface area (Å²) in [6, 6.07) is 15.4. The lowest BCUT2D eigenvalue weighted by Crippen LogP contribution is -2.19. The average molecular weight is 450 g/mol. The second kappa shape index (κ2) is 10.4. The van der Waals surface area contributed by atoms with Gasteiger partial charge in [-0.25, -0.2) is 0 Å². The van der Waals surface area contributed by atoms with Crippen molar-refractivity contribution < 1.29 is 28.5 Å². The second-order valence-electron chi connectivity index (χ2n) is 7.03. The van der Waals surface area contributed by atoms with Gasteiger partial charge in [-0.2, -0.15) is 0 Å². The topological polar surface area (TPSA) is 95.1 Å². The summed E-state index contributed by atoms with van der Waals surface area (Å²) in [6.45, 7) is 1.88. The number of benzene rings is 3. The maximum atomic E-state index is 13.2. The maximum Gasteiger partial charge on any atom is 0.263 e. The number of carbonyl (C=O) groups excluding carboxylic acids is 2. The summed E-state index contributed by atoms with van der Waals surface area (Å²) in [6.07, 6.45) is 0. The number of methoxy groups -OCH3 is 4. The minimum absolute atomic E-state index is 0.242. The number of carbonyl (C=O) groups is 2. The summed E-state index contributed by atoms with van der Waals surface area (Å²) in [5.41, 5.74) is 2.19. The Kier molecular flexibility index (Phi) is 7.40. The first kappa shape index (κ1) is 23.5. The van der Waals surface area contributed by atoms with Gasteiger partial charge < -0.3 is 29.6 Å². The van der Waals surface area contributed by atoms with Gasteiger partial charge in [-0.15, -0.1) is 0 Å². The Balaban J connectivity index is 1.96. The molecule has 0 aliphatic heterocycles. The van der Waals surface area contributed by atoms with Crippen molar-refractivity contribution in [2.24, 2.45) is 0 Å². The van der Waals surface area contributed by atoms with E-state index in [1.165, 1.54) is 28.4 Å². The highest BCUT2D eigenvalue weighted by molar-refractivity contribution is 6.13. The van der Waals surface area contributed by atoms with E-state index in [1.54, 1.807) is 48.5 Å². The van der Waals surface area contributed by atoms with E-state index in [0.29, 0.717) is 34.4 Å². The predicted octanol–water partition coefficient (Wildman–Crippen LogP) is 4.53. The van der Waals surface area contributed by atoms with E-state index in [4.69, 9.17) is 18.9 Å². The van der Waals surface area contributed by atoms with Crippen molar-refractivity contribution in [2.75, 3.05) is 39.1 Å². The highest BCUT2D eigenvalue weighted by atomic mass is 16.5. The van der Waals surface area contributed by atoms with Gasteiger partial charge in [-0.1, -0.05) is 18.2 Å². The molecule has 0 radical (unpaired) electrons. The lowest BCUT2D eigenvalue weighted by molar-refractivity contribution is 0.101. The molecule has 3 aromatic carbocycles. The van der Waals surface area contributed by atoms with Crippen molar-refractivity contribution in [3.05, 3.63) is 71.3 Å². The fourth-order valence-electron chi connectivity index (χ4n) is 3.39. The van der Waals surface area contributed by atoms with Gasteiger partial charge in [0.05, 0.1) is 39.8 Å². The van der Waals surface area contributed by atoms with E-state index in [2.05, 4.69) is 10.6 Å². The van der Waals surface area contributed by atoms with Crippen LogP contribution in [0.15, 0.2) is 54.6 Å². The predicted molar refractivity (Wildman–Crippen MR) is 126 cm³/mol. The first-order chi connectivity index (χ1) is 15.9. The van der Waals surface area contributed by atoms with Crippen molar-refractivity contribution in [1.29, 1.82) is 0 Å². The summed E-state index contributed by atoms with van der Waals surface area (Å²) in [5.74, 6) is 0.568. The van der Waals surface area contributed by atoms with Crippen LogP contribution in [0.3, 0.4) is 0 Å². The third kappa shape index (κ3) is 5.01. The Labute approximate surface area is 192 Å². The standard InChI is InChI=1S/C25H26N2O6/c1-15-12-13-16(26-24(28)22-18(30-2)8-6-9-19(22)31-3)17(14-15)27-25(29)23-20(32-4)10-7-11-21(23)33-5/h6-14H,1-5H3,(H,26,28)(H,27,29). The lowest BCUT2D eigenvalue weighted by Gasteiger charge is -2.17. The monoisotopic (exact) mass is 450 g/mol. The van der Waals surface area contributed by atoms with Gasteiger partial charge in [-0.05, 0) is 48.9 Å². The molecule has 0 aliphatic carbocycles. The summed E-state index contributed by atoms with van der Waals surface area (Å²) in [5, 5.41) is 5.70. The minimum Gasteiger partial charge on any atom is -0.496 e. The van der Waals surface area contributed by atoms with Crippen LogP contribution in [0.2, 0.25) is 0 Å². The molecular formula is C25H26N2O6. The number of rotatable bonds is 8. The molecule has 8 heteroatoms. The summed E-state index contributed by atoms with van der Waals surface area (Å²) in [4.78, 5) is 26.3. The number of anilines is 2. The van der Waals surface area contributed by atoms with Gasteiger partial charge in [0.2, 0.25) is 0 Å². The zero-order chi connectivity index (χ0) is 24.0. The molecule has 3 rings (SSSR count). The fourth-order valence-corrected chi connectivity index (χ4v) is 3.39. The first-order valence-electron chi connectivity index (χ1n) is 10.1. The van der Waals surface area contributed by atoms with Gasteiger partial charge in [-0.3, -0.25) is 9.59 Å². The van der Waals surface area contributed by atoms with E-state index in [0.717, 1.165) is 5.56 Å². The van der Waals surface area contributed by atoms with Crippen LogP contribution in [-0.4, -0.2) is 40.3 Å². The van der Waals surface area contributed by atoms with Crippen molar-refractivity contribution in [3.63, 3.8) is 0 Å². The van der Waals surface area contributed by atoms with Gasteiger partial charge >= 0.3 is 0 Å². The Morgan fingerprint density at radius 1 is 0.606 bits per heavy atom. The fraction of sp³-hybridized carbons (Fsp3) is 0.200. The molecular weight excluding hydrogens is 424 g/mol. The van der Waals surface area contributed by atoms with E-state index in [1.807, 2.05) is 13.0 Å². The molecule has 0 aromatic heterocycles. The highest BCUT2D eigenvalue weighted by Crippen LogP contribution is 2.33. The number of amides is 2. The van der Waals surface area contributed by atoms with Crippen molar-refractivity contribution >= 4 is 23.2 Å². The first-order valence-corrected chi connectivity index (χ1v) is 10.1. The molecule has 0 atom stereocenters. The zero-order valence-corrected chi connectivity index (χ0v) is 19.1. The third-order valence-corrected chi connectivity index (χ3v) is 4.98.